The van der Waals surface area contributed by atoms with Crippen molar-refractivity contribution in [1.82, 2.24) is 0 Å². The summed E-state index contributed by atoms with van der Waals surface area (Å²) in [6.45, 7) is 0.109. The minimum absolute atomic E-state index is 0.109. The molecule has 0 unspecified atom stereocenters. The Morgan fingerprint density at radius 1 is 0.938 bits per heavy atom. The summed E-state index contributed by atoms with van der Waals surface area (Å²) in [5.41, 5.74) is 3.83. The largest absolute Gasteiger partial charge is 0.454 e. The van der Waals surface area contributed by atoms with Crippen molar-refractivity contribution in [2.75, 3.05) is 42.1 Å². The van der Waals surface area contributed by atoms with Gasteiger partial charge in [-0.3, -0.25) is 9.10 Å². The van der Waals surface area contributed by atoms with Crippen LogP contribution in [0, 0.1) is 0 Å². The second-order valence-electron chi connectivity index (χ2n) is 7.31. The van der Waals surface area contributed by atoms with Crippen molar-refractivity contribution in [2.45, 2.75) is 0 Å². The lowest BCUT2D eigenvalue weighted by molar-refractivity contribution is 0.102. The SMILES string of the molecule is CNc1ccc(-c2ccc(N(C)S(C)(=O)=O)c(NC(=O)c3ccc4c(c3)OCO4)c2)cc1. The van der Waals surface area contributed by atoms with E-state index in [1.54, 1.807) is 30.3 Å². The molecule has 0 atom stereocenters. The molecule has 8 nitrogen and oxygen atoms in total. The van der Waals surface area contributed by atoms with Crippen molar-refractivity contribution in [3.05, 3.63) is 66.2 Å². The first-order valence-electron chi connectivity index (χ1n) is 9.83. The van der Waals surface area contributed by atoms with E-state index >= 15 is 0 Å². The van der Waals surface area contributed by atoms with Crippen molar-refractivity contribution in [2.24, 2.45) is 0 Å². The van der Waals surface area contributed by atoms with E-state index in [1.807, 2.05) is 37.4 Å². The Balaban J connectivity index is 1.71. The maximum Gasteiger partial charge on any atom is 0.255 e. The Labute approximate surface area is 186 Å². The summed E-state index contributed by atoms with van der Waals surface area (Å²) in [5.74, 6) is 0.671. The molecule has 1 aliphatic heterocycles. The molecule has 1 amide bonds. The lowest BCUT2D eigenvalue weighted by Gasteiger charge is -2.21. The van der Waals surface area contributed by atoms with Gasteiger partial charge in [-0.2, -0.15) is 0 Å². The highest BCUT2D eigenvalue weighted by Gasteiger charge is 2.20. The van der Waals surface area contributed by atoms with E-state index in [0.717, 1.165) is 27.4 Å². The maximum absolute atomic E-state index is 13.0. The van der Waals surface area contributed by atoms with Gasteiger partial charge in [0.05, 0.1) is 17.6 Å². The second-order valence-corrected chi connectivity index (χ2v) is 9.33. The van der Waals surface area contributed by atoms with E-state index in [-0.39, 0.29) is 6.79 Å². The first-order chi connectivity index (χ1) is 15.3. The fraction of sp³-hybridized carbons (Fsp3) is 0.174. The highest BCUT2D eigenvalue weighted by atomic mass is 32.2. The first-order valence-corrected chi connectivity index (χ1v) is 11.7. The van der Waals surface area contributed by atoms with Crippen LogP contribution in [0.3, 0.4) is 0 Å². The van der Waals surface area contributed by atoms with Gasteiger partial charge in [-0.15, -0.1) is 0 Å². The van der Waals surface area contributed by atoms with Gasteiger partial charge in [0.1, 0.15) is 0 Å². The number of sulfonamides is 1. The van der Waals surface area contributed by atoms with Crippen molar-refractivity contribution in [3.8, 4) is 22.6 Å². The van der Waals surface area contributed by atoms with E-state index in [9.17, 15) is 13.2 Å². The van der Waals surface area contributed by atoms with E-state index in [2.05, 4.69) is 10.6 Å². The molecule has 166 valence electrons. The average Bonchev–Trinajstić information content (AvgIpc) is 3.26. The van der Waals surface area contributed by atoms with Gasteiger partial charge in [-0.25, -0.2) is 8.42 Å². The molecule has 0 aliphatic carbocycles. The number of ether oxygens (including phenoxy) is 2. The Morgan fingerprint density at radius 3 is 2.31 bits per heavy atom. The Hall–Kier alpha value is -3.72. The van der Waals surface area contributed by atoms with Gasteiger partial charge in [0.15, 0.2) is 11.5 Å². The van der Waals surface area contributed by atoms with E-state index in [0.29, 0.717) is 28.4 Å². The molecule has 3 aromatic carbocycles. The lowest BCUT2D eigenvalue weighted by Crippen LogP contribution is -2.26. The molecule has 0 bridgehead atoms. The summed E-state index contributed by atoms with van der Waals surface area (Å²) in [7, 11) is -0.248. The molecular weight excluding hydrogens is 430 g/mol. The monoisotopic (exact) mass is 453 g/mol. The summed E-state index contributed by atoms with van der Waals surface area (Å²) in [4.78, 5) is 13.0. The van der Waals surface area contributed by atoms with Crippen LogP contribution in [0.15, 0.2) is 60.7 Å². The number of hydrogen-bond donors (Lipinski definition) is 2. The molecule has 0 radical (unpaired) electrons. The highest BCUT2D eigenvalue weighted by molar-refractivity contribution is 7.92. The Bertz CT molecular complexity index is 1270. The zero-order valence-electron chi connectivity index (χ0n) is 17.9. The van der Waals surface area contributed by atoms with Gasteiger partial charge >= 0.3 is 0 Å². The molecule has 0 saturated carbocycles. The molecule has 0 saturated heterocycles. The van der Waals surface area contributed by atoms with Gasteiger partial charge in [0.2, 0.25) is 16.8 Å². The van der Waals surface area contributed by atoms with Gasteiger partial charge in [-0.05, 0) is 53.6 Å². The number of carbonyl (C=O) groups is 1. The molecule has 9 heteroatoms. The minimum atomic E-state index is -3.54. The third-order valence-corrected chi connectivity index (χ3v) is 6.41. The lowest BCUT2D eigenvalue weighted by atomic mass is 10.0. The van der Waals surface area contributed by atoms with Gasteiger partial charge in [-0.1, -0.05) is 18.2 Å². The number of amides is 1. The number of nitrogens with one attached hydrogen (secondary N) is 2. The highest BCUT2D eigenvalue weighted by Crippen LogP contribution is 2.35. The van der Waals surface area contributed by atoms with Crippen LogP contribution in [-0.4, -0.2) is 41.5 Å². The van der Waals surface area contributed by atoms with E-state index < -0.39 is 15.9 Å². The molecule has 1 aliphatic rings. The summed E-state index contributed by atoms with van der Waals surface area (Å²) >= 11 is 0. The molecule has 0 fully saturated rings. The van der Waals surface area contributed by atoms with Crippen molar-refractivity contribution in [3.63, 3.8) is 0 Å². The van der Waals surface area contributed by atoms with E-state index in [4.69, 9.17) is 9.47 Å². The van der Waals surface area contributed by atoms with Crippen LogP contribution in [0.1, 0.15) is 10.4 Å². The summed E-state index contributed by atoms with van der Waals surface area (Å²) in [5, 5.41) is 5.92. The number of benzene rings is 3. The normalized spacial score (nSPS) is 12.3. The molecule has 4 rings (SSSR count). The van der Waals surface area contributed by atoms with Crippen molar-refractivity contribution >= 4 is 33.0 Å². The summed E-state index contributed by atoms with van der Waals surface area (Å²) in [6, 6.07) is 17.9. The smallest absolute Gasteiger partial charge is 0.255 e. The van der Waals surface area contributed by atoms with Crippen LogP contribution in [-0.2, 0) is 10.0 Å². The molecule has 32 heavy (non-hydrogen) atoms. The molecule has 2 N–H and O–H groups in total. The number of anilines is 3. The first kappa shape index (κ1) is 21.5. The number of hydrogen-bond acceptors (Lipinski definition) is 6. The molecule has 1 heterocycles. The summed E-state index contributed by atoms with van der Waals surface area (Å²) < 4.78 is 36.1. The minimum Gasteiger partial charge on any atom is -0.454 e. The fourth-order valence-corrected chi connectivity index (χ4v) is 3.85. The Kier molecular flexibility index (Phi) is 5.67. The third-order valence-electron chi connectivity index (χ3n) is 5.22. The van der Waals surface area contributed by atoms with Crippen LogP contribution in [0.4, 0.5) is 17.1 Å². The van der Waals surface area contributed by atoms with Crippen molar-refractivity contribution < 1.29 is 22.7 Å². The zero-order chi connectivity index (χ0) is 22.9. The standard InChI is InChI=1S/C23H23N3O5S/c1-24-18-8-4-15(5-9-18)16-6-10-20(26(2)32(3,28)29)19(12-16)25-23(27)17-7-11-21-22(13-17)31-14-30-21/h4-13,24H,14H2,1-3H3,(H,25,27). The second kappa shape index (κ2) is 8.43. The van der Waals surface area contributed by atoms with Gasteiger partial charge in [0, 0.05) is 25.3 Å². The van der Waals surface area contributed by atoms with Gasteiger partial charge < -0.3 is 20.1 Å². The quantitative estimate of drug-likeness (QED) is 0.590. The zero-order valence-corrected chi connectivity index (χ0v) is 18.7. The third kappa shape index (κ3) is 4.33. The average molecular weight is 454 g/mol. The Morgan fingerprint density at radius 2 is 1.62 bits per heavy atom. The molecular formula is C23H23N3O5S. The van der Waals surface area contributed by atoms with Crippen LogP contribution in [0.25, 0.3) is 11.1 Å². The van der Waals surface area contributed by atoms with Crippen LogP contribution >= 0.6 is 0 Å². The number of fused-ring (bicyclic) bond motifs is 1. The number of nitrogens with zero attached hydrogens (tertiary/aromatic N) is 1. The van der Waals surface area contributed by atoms with E-state index in [1.165, 1.54) is 7.05 Å². The van der Waals surface area contributed by atoms with Crippen LogP contribution < -0.4 is 24.4 Å². The molecule has 0 spiro atoms. The van der Waals surface area contributed by atoms with Gasteiger partial charge in [0.25, 0.3) is 5.91 Å². The predicted octanol–water partition coefficient (Wildman–Crippen LogP) is 3.77. The van der Waals surface area contributed by atoms with Crippen molar-refractivity contribution in [1.29, 1.82) is 0 Å². The number of carbonyl (C=O) groups excluding carboxylic acids is 1. The number of rotatable bonds is 6. The summed E-state index contributed by atoms with van der Waals surface area (Å²) in [6.07, 6.45) is 1.11. The fourth-order valence-electron chi connectivity index (χ4n) is 3.33. The molecule has 3 aromatic rings. The maximum atomic E-state index is 13.0. The topological polar surface area (TPSA) is 97.0 Å². The predicted molar refractivity (Wildman–Crippen MR) is 125 cm³/mol. The van der Waals surface area contributed by atoms with Crippen LogP contribution in [0.5, 0.6) is 11.5 Å². The van der Waals surface area contributed by atoms with Crippen LogP contribution in [0.2, 0.25) is 0 Å². The molecule has 0 aromatic heterocycles.